The Morgan fingerprint density at radius 2 is 2.00 bits per heavy atom. The topological polar surface area (TPSA) is 44.8 Å². The molecule has 0 saturated carbocycles. The summed E-state index contributed by atoms with van der Waals surface area (Å²) >= 11 is 5.62. The average molecular weight is 309 g/mol. The van der Waals surface area contributed by atoms with E-state index in [0.717, 1.165) is 0 Å². The Morgan fingerprint density at radius 3 is 2.71 bits per heavy atom. The van der Waals surface area contributed by atoms with E-state index in [1.54, 1.807) is 18.2 Å². The van der Waals surface area contributed by atoms with Crippen LogP contribution in [0.2, 0.25) is 5.02 Å². The van der Waals surface area contributed by atoms with E-state index in [-0.39, 0.29) is 18.4 Å². The number of carbonyl (C=O) groups is 1. The number of fused-ring (bicyclic) bond motifs is 1. The van der Waals surface area contributed by atoms with Crippen LogP contribution in [0.15, 0.2) is 30.3 Å². The first-order chi connectivity index (χ1) is 10.2. The molecule has 0 unspecified atom stereocenters. The van der Waals surface area contributed by atoms with Crippen LogP contribution in [-0.2, 0) is 6.61 Å². The lowest BCUT2D eigenvalue weighted by atomic mass is 10.2. The smallest absolute Gasteiger partial charge is 0.231 e. The summed E-state index contributed by atoms with van der Waals surface area (Å²) < 4.78 is 29.3. The van der Waals surface area contributed by atoms with E-state index >= 15 is 0 Å². The highest BCUT2D eigenvalue weighted by atomic mass is 35.5. The van der Waals surface area contributed by atoms with Crippen molar-refractivity contribution in [3.8, 4) is 17.2 Å². The molecule has 1 aliphatic rings. The largest absolute Gasteiger partial charge is 0.488 e. The van der Waals surface area contributed by atoms with E-state index in [1.165, 1.54) is 12.1 Å². The maximum absolute atomic E-state index is 13.4. The Hall–Kier alpha value is -2.27. The van der Waals surface area contributed by atoms with Crippen molar-refractivity contribution in [2.24, 2.45) is 0 Å². The van der Waals surface area contributed by atoms with Crippen LogP contribution in [-0.4, -0.2) is 13.1 Å². The zero-order chi connectivity index (χ0) is 14.8. The van der Waals surface area contributed by atoms with Crippen molar-refractivity contribution < 1.29 is 23.4 Å². The van der Waals surface area contributed by atoms with Gasteiger partial charge in [-0.15, -0.1) is 0 Å². The quantitative estimate of drug-likeness (QED) is 0.810. The third kappa shape index (κ3) is 2.78. The number of ether oxygens (including phenoxy) is 3. The van der Waals surface area contributed by atoms with Crippen LogP contribution in [0.3, 0.4) is 0 Å². The fourth-order valence-corrected chi connectivity index (χ4v) is 2.06. The molecule has 1 aliphatic heterocycles. The summed E-state index contributed by atoms with van der Waals surface area (Å²) in [5, 5.41) is 0.0513. The molecule has 0 N–H and O–H groups in total. The van der Waals surface area contributed by atoms with Gasteiger partial charge in [-0.1, -0.05) is 17.7 Å². The lowest BCUT2D eigenvalue weighted by molar-refractivity contribution is 0.111. The molecule has 0 saturated heterocycles. The van der Waals surface area contributed by atoms with Gasteiger partial charge in [0.15, 0.2) is 17.8 Å². The van der Waals surface area contributed by atoms with Gasteiger partial charge in [-0.05, 0) is 23.8 Å². The number of rotatable bonds is 4. The fourth-order valence-electron chi connectivity index (χ4n) is 1.95. The standard InChI is InChI=1S/C15H10ClFO4/c16-11-2-1-9(3-12(11)17)7-19-13-5-15-14(20-8-21-15)4-10(13)6-18/h1-6H,7-8H2. The molecule has 0 aromatic heterocycles. The number of aldehydes is 1. The number of halogens is 2. The average Bonchev–Trinajstić information content (AvgIpc) is 2.94. The molecule has 0 amide bonds. The predicted molar refractivity (Wildman–Crippen MR) is 73.7 cm³/mol. The van der Waals surface area contributed by atoms with Crippen molar-refractivity contribution in [3.05, 3.63) is 52.3 Å². The van der Waals surface area contributed by atoms with Crippen molar-refractivity contribution in [2.45, 2.75) is 6.61 Å². The van der Waals surface area contributed by atoms with E-state index in [0.29, 0.717) is 34.7 Å². The molecule has 0 radical (unpaired) electrons. The van der Waals surface area contributed by atoms with Gasteiger partial charge in [-0.3, -0.25) is 4.79 Å². The van der Waals surface area contributed by atoms with Gasteiger partial charge in [0.1, 0.15) is 18.2 Å². The Bertz CT molecular complexity index is 702. The van der Waals surface area contributed by atoms with Crippen molar-refractivity contribution in [1.82, 2.24) is 0 Å². The van der Waals surface area contributed by atoms with E-state index in [9.17, 15) is 9.18 Å². The monoisotopic (exact) mass is 308 g/mol. The highest BCUT2D eigenvalue weighted by Crippen LogP contribution is 2.37. The number of hydrogen-bond acceptors (Lipinski definition) is 4. The van der Waals surface area contributed by atoms with Gasteiger partial charge in [0.2, 0.25) is 6.79 Å². The van der Waals surface area contributed by atoms with Crippen LogP contribution in [0.25, 0.3) is 0 Å². The summed E-state index contributed by atoms with van der Waals surface area (Å²) in [5.74, 6) is 0.851. The second-order valence-electron chi connectivity index (χ2n) is 4.40. The second kappa shape index (κ2) is 5.61. The van der Waals surface area contributed by atoms with Crippen LogP contribution in [0.1, 0.15) is 15.9 Å². The minimum Gasteiger partial charge on any atom is -0.488 e. The summed E-state index contributed by atoms with van der Waals surface area (Å²) in [5.41, 5.74) is 0.945. The third-order valence-electron chi connectivity index (χ3n) is 3.01. The van der Waals surface area contributed by atoms with Gasteiger partial charge >= 0.3 is 0 Å². The zero-order valence-electron chi connectivity index (χ0n) is 10.8. The maximum Gasteiger partial charge on any atom is 0.231 e. The fraction of sp³-hybridized carbons (Fsp3) is 0.133. The molecule has 21 heavy (non-hydrogen) atoms. The Balaban J connectivity index is 1.81. The zero-order valence-corrected chi connectivity index (χ0v) is 11.5. The molecule has 1 heterocycles. The maximum atomic E-state index is 13.4. The molecule has 0 aliphatic carbocycles. The molecule has 3 rings (SSSR count). The first kappa shape index (κ1) is 13.7. The van der Waals surface area contributed by atoms with Gasteiger partial charge in [0.05, 0.1) is 10.6 Å². The molecule has 108 valence electrons. The Morgan fingerprint density at radius 1 is 1.24 bits per heavy atom. The van der Waals surface area contributed by atoms with E-state index in [2.05, 4.69) is 0 Å². The van der Waals surface area contributed by atoms with Crippen LogP contribution >= 0.6 is 11.6 Å². The van der Waals surface area contributed by atoms with Gasteiger partial charge in [-0.25, -0.2) is 4.39 Å². The van der Waals surface area contributed by atoms with Crippen molar-refractivity contribution in [2.75, 3.05) is 6.79 Å². The molecule has 0 bridgehead atoms. The van der Waals surface area contributed by atoms with Crippen LogP contribution in [0.5, 0.6) is 17.2 Å². The molecule has 4 nitrogen and oxygen atoms in total. The van der Waals surface area contributed by atoms with E-state index < -0.39 is 5.82 Å². The molecule has 6 heteroatoms. The minimum atomic E-state index is -0.515. The highest BCUT2D eigenvalue weighted by Gasteiger charge is 2.18. The molecule has 0 atom stereocenters. The summed E-state index contributed by atoms with van der Waals surface area (Å²) in [6, 6.07) is 7.52. The van der Waals surface area contributed by atoms with Gasteiger partial charge < -0.3 is 14.2 Å². The molecular weight excluding hydrogens is 299 g/mol. The normalized spacial score (nSPS) is 12.3. The highest BCUT2D eigenvalue weighted by molar-refractivity contribution is 6.30. The summed E-state index contributed by atoms with van der Waals surface area (Å²) in [4.78, 5) is 11.1. The number of hydrogen-bond donors (Lipinski definition) is 0. The van der Waals surface area contributed by atoms with Gasteiger partial charge in [0.25, 0.3) is 0 Å². The summed E-state index contributed by atoms with van der Waals surface area (Å²) in [6.07, 6.45) is 0.666. The van der Waals surface area contributed by atoms with Crippen molar-refractivity contribution in [3.63, 3.8) is 0 Å². The van der Waals surface area contributed by atoms with Crippen LogP contribution in [0.4, 0.5) is 4.39 Å². The lowest BCUT2D eigenvalue weighted by Crippen LogP contribution is -1.99. The molecule has 2 aromatic carbocycles. The van der Waals surface area contributed by atoms with Gasteiger partial charge in [0, 0.05) is 6.07 Å². The van der Waals surface area contributed by atoms with Gasteiger partial charge in [-0.2, -0.15) is 0 Å². The van der Waals surface area contributed by atoms with E-state index in [1.807, 2.05) is 0 Å². The van der Waals surface area contributed by atoms with Crippen LogP contribution < -0.4 is 14.2 Å². The molecular formula is C15H10ClFO4. The molecule has 0 fully saturated rings. The number of carbonyl (C=O) groups excluding carboxylic acids is 1. The molecule has 0 spiro atoms. The summed E-state index contributed by atoms with van der Waals surface area (Å²) in [7, 11) is 0. The number of benzene rings is 2. The first-order valence-electron chi connectivity index (χ1n) is 6.13. The Labute approximate surface area is 125 Å². The summed E-state index contributed by atoms with van der Waals surface area (Å²) in [6.45, 7) is 0.216. The SMILES string of the molecule is O=Cc1cc2c(cc1OCc1ccc(Cl)c(F)c1)OCO2. The Kier molecular flexibility index (Phi) is 3.66. The van der Waals surface area contributed by atoms with Crippen LogP contribution in [0, 0.1) is 5.82 Å². The second-order valence-corrected chi connectivity index (χ2v) is 4.81. The first-order valence-corrected chi connectivity index (χ1v) is 6.50. The molecule has 2 aromatic rings. The lowest BCUT2D eigenvalue weighted by Gasteiger charge is -2.10. The predicted octanol–water partition coefficient (Wildman–Crippen LogP) is 3.60. The minimum absolute atomic E-state index is 0.0513. The third-order valence-corrected chi connectivity index (χ3v) is 3.32. The van der Waals surface area contributed by atoms with Crippen molar-refractivity contribution >= 4 is 17.9 Å². The van der Waals surface area contributed by atoms with Crippen molar-refractivity contribution in [1.29, 1.82) is 0 Å². The van der Waals surface area contributed by atoms with E-state index in [4.69, 9.17) is 25.8 Å².